The molecule has 0 unspecified atom stereocenters. The van der Waals surface area contributed by atoms with Crippen LogP contribution >= 0.6 is 0 Å². The minimum Gasteiger partial charge on any atom is -0.396 e. The van der Waals surface area contributed by atoms with Crippen molar-refractivity contribution in [3.8, 4) is 11.3 Å². The number of aromatic amines is 1. The third-order valence-corrected chi connectivity index (χ3v) is 2.46. The number of hydrogen-bond acceptors (Lipinski definition) is 3. The van der Waals surface area contributed by atoms with Gasteiger partial charge in [-0.05, 0) is 24.1 Å². The monoisotopic (exact) mass is 244 g/mol. The molecule has 0 aliphatic rings. The minimum absolute atomic E-state index is 0.177. The number of nitrogens with one attached hydrogen (secondary N) is 2. The maximum absolute atomic E-state index is 8.60. The highest BCUT2D eigenvalue weighted by molar-refractivity contribution is 5.76. The molecule has 0 atom stereocenters. The standard InChI is InChI=1S/C13H16N4O/c18-7-1-6-14-9-16-12-4-2-11(3-5-12)13-8-15-10-17-13/h2-5,8-10,18H,1,6-7H2,(H,14,16)(H,15,17). The first-order chi connectivity index (χ1) is 8.90. The maximum atomic E-state index is 8.60. The quantitative estimate of drug-likeness (QED) is 0.413. The second kappa shape index (κ2) is 6.56. The number of H-pyrrole nitrogens is 1. The van der Waals surface area contributed by atoms with Crippen LogP contribution < -0.4 is 5.32 Å². The number of benzene rings is 1. The fourth-order valence-corrected chi connectivity index (χ4v) is 1.51. The first-order valence-corrected chi connectivity index (χ1v) is 5.84. The number of anilines is 1. The van der Waals surface area contributed by atoms with Crippen LogP contribution in [0.25, 0.3) is 11.3 Å². The fourth-order valence-electron chi connectivity index (χ4n) is 1.51. The van der Waals surface area contributed by atoms with Gasteiger partial charge in [0.2, 0.25) is 0 Å². The molecule has 0 fully saturated rings. The zero-order valence-electron chi connectivity index (χ0n) is 10.0. The Morgan fingerprint density at radius 1 is 1.33 bits per heavy atom. The van der Waals surface area contributed by atoms with Crippen molar-refractivity contribution in [1.82, 2.24) is 9.97 Å². The van der Waals surface area contributed by atoms with Crippen molar-refractivity contribution in [2.24, 2.45) is 4.99 Å². The highest BCUT2D eigenvalue weighted by atomic mass is 16.3. The fraction of sp³-hybridized carbons (Fsp3) is 0.231. The van der Waals surface area contributed by atoms with Crippen molar-refractivity contribution in [2.45, 2.75) is 6.42 Å². The van der Waals surface area contributed by atoms with E-state index in [9.17, 15) is 0 Å². The van der Waals surface area contributed by atoms with E-state index in [1.807, 2.05) is 24.3 Å². The van der Waals surface area contributed by atoms with Crippen LogP contribution in [0.4, 0.5) is 5.69 Å². The summed E-state index contributed by atoms with van der Waals surface area (Å²) >= 11 is 0. The summed E-state index contributed by atoms with van der Waals surface area (Å²) in [6.07, 6.45) is 5.80. The molecular formula is C13H16N4O. The molecule has 5 nitrogen and oxygen atoms in total. The minimum atomic E-state index is 0.177. The summed E-state index contributed by atoms with van der Waals surface area (Å²) in [5.74, 6) is 0. The van der Waals surface area contributed by atoms with Crippen LogP contribution in [0.1, 0.15) is 6.42 Å². The van der Waals surface area contributed by atoms with E-state index >= 15 is 0 Å². The van der Waals surface area contributed by atoms with E-state index in [0.717, 1.165) is 16.9 Å². The van der Waals surface area contributed by atoms with Crippen LogP contribution in [0, 0.1) is 0 Å². The van der Waals surface area contributed by atoms with Crippen molar-refractivity contribution in [3.05, 3.63) is 36.8 Å². The van der Waals surface area contributed by atoms with Crippen LogP contribution in [0.5, 0.6) is 0 Å². The molecule has 0 amide bonds. The highest BCUT2D eigenvalue weighted by Crippen LogP contribution is 2.18. The van der Waals surface area contributed by atoms with Gasteiger partial charge in [0.25, 0.3) is 0 Å². The maximum Gasteiger partial charge on any atom is 0.0924 e. The number of aliphatic hydroxyl groups is 1. The third kappa shape index (κ3) is 3.43. The van der Waals surface area contributed by atoms with E-state index in [0.29, 0.717) is 13.0 Å². The van der Waals surface area contributed by atoms with Crippen LogP contribution in [0.3, 0.4) is 0 Å². The molecule has 5 heteroatoms. The third-order valence-electron chi connectivity index (χ3n) is 2.46. The Hall–Kier alpha value is -2.14. The van der Waals surface area contributed by atoms with Crippen LogP contribution in [-0.4, -0.2) is 34.6 Å². The van der Waals surface area contributed by atoms with Gasteiger partial charge in [0, 0.05) is 18.8 Å². The molecule has 0 aliphatic carbocycles. The van der Waals surface area contributed by atoms with Gasteiger partial charge in [0.1, 0.15) is 0 Å². The second-order valence-electron chi connectivity index (χ2n) is 3.80. The number of rotatable bonds is 6. The Balaban J connectivity index is 1.90. The van der Waals surface area contributed by atoms with E-state index in [1.54, 1.807) is 18.9 Å². The number of nitrogens with zero attached hydrogens (tertiary/aromatic N) is 2. The molecule has 1 aromatic heterocycles. The van der Waals surface area contributed by atoms with Gasteiger partial charge >= 0.3 is 0 Å². The Labute approximate surface area is 106 Å². The Morgan fingerprint density at radius 2 is 2.17 bits per heavy atom. The van der Waals surface area contributed by atoms with Gasteiger partial charge in [-0.25, -0.2) is 4.98 Å². The zero-order valence-corrected chi connectivity index (χ0v) is 10.0. The Bertz CT molecular complexity index is 476. The van der Waals surface area contributed by atoms with E-state index in [4.69, 9.17) is 5.11 Å². The van der Waals surface area contributed by atoms with Crippen molar-refractivity contribution in [2.75, 3.05) is 18.5 Å². The largest absolute Gasteiger partial charge is 0.396 e. The molecule has 0 spiro atoms. The van der Waals surface area contributed by atoms with E-state index < -0.39 is 0 Å². The average Bonchev–Trinajstić information content (AvgIpc) is 2.93. The Morgan fingerprint density at radius 3 is 2.83 bits per heavy atom. The lowest BCUT2D eigenvalue weighted by atomic mass is 10.1. The normalized spacial score (nSPS) is 10.9. The first kappa shape index (κ1) is 12.3. The molecule has 2 rings (SSSR count). The molecule has 0 bridgehead atoms. The van der Waals surface area contributed by atoms with Gasteiger partial charge in [-0.15, -0.1) is 0 Å². The number of aliphatic imine (C=N–C) groups is 1. The topological polar surface area (TPSA) is 73.3 Å². The molecule has 1 heterocycles. The van der Waals surface area contributed by atoms with Crippen LogP contribution in [0.2, 0.25) is 0 Å². The molecule has 0 saturated heterocycles. The molecular weight excluding hydrogens is 228 g/mol. The number of aliphatic hydroxyl groups excluding tert-OH is 1. The van der Waals surface area contributed by atoms with Gasteiger partial charge in [-0.3, -0.25) is 4.99 Å². The van der Waals surface area contributed by atoms with Gasteiger partial charge in [0.15, 0.2) is 0 Å². The lowest BCUT2D eigenvalue weighted by Crippen LogP contribution is -1.96. The first-order valence-electron chi connectivity index (χ1n) is 5.84. The van der Waals surface area contributed by atoms with Crippen LogP contribution in [0.15, 0.2) is 41.8 Å². The van der Waals surface area contributed by atoms with Crippen molar-refractivity contribution in [3.63, 3.8) is 0 Å². The number of hydrogen-bond donors (Lipinski definition) is 3. The number of imidazole rings is 1. The molecule has 0 radical (unpaired) electrons. The van der Waals surface area contributed by atoms with Gasteiger partial charge in [-0.1, -0.05) is 12.1 Å². The molecule has 18 heavy (non-hydrogen) atoms. The molecule has 3 N–H and O–H groups in total. The number of aromatic nitrogens is 2. The summed E-state index contributed by atoms with van der Waals surface area (Å²) in [5.41, 5.74) is 3.07. The summed E-state index contributed by atoms with van der Waals surface area (Å²) in [4.78, 5) is 11.2. The predicted octanol–water partition coefficient (Wildman–Crippen LogP) is 1.90. The lowest BCUT2D eigenvalue weighted by Gasteiger charge is -2.02. The summed E-state index contributed by atoms with van der Waals surface area (Å²) < 4.78 is 0. The van der Waals surface area contributed by atoms with Gasteiger partial charge in [-0.2, -0.15) is 0 Å². The summed E-state index contributed by atoms with van der Waals surface area (Å²) in [5, 5.41) is 11.7. The molecule has 1 aromatic carbocycles. The van der Waals surface area contributed by atoms with E-state index in [2.05, 4.69) is 20.3 Å². The molecule has 0 aliphatic heterocycles. The lowest BCUT2D eigenvalue weighted by molar-refractivity contribution is 0.291. The molecule has 0 saturated carbocycles. The summed E-state index contributed by atoms with van der Waals surface area (Å²) in [6, 6.07) is 7.98. The molecule has 2 aromatic rings. The zero-order chi connectivity index (χ0) is 12.6. The summed E-state index contributed by atoms with van der Waals surface area (Å²) in [7, 11) is 0. The van der Waals surface area contributed by atoms with Crippen LogP contribution in [-0.2, 0) is 0 Å². The SMILES string of the molecule is OCCCN=CNc1ccc(-c2cnc[nH]2)cc1. The van der Waals surface area contributed by atoms with E-state index in [-0.39, 0.29) is 6.61 Å². The second-order valence-corrected chi connectivity index (χ2v) is 3.80. The molecule has 94 valence electrons. The Kier molecular flexibility index (Phi) is 4.49. The van der Waals surface area contributed by atoms with Crippen molar-refractivity contribution < 1.29 is 5.11 Å². The summed E-state index contributed by atoms with van der Waals surface area (Å²) in [6.45, 7) is 0.811. The van der Waals surface area contributed by atoms with Crippen molar-refractivity contribution >= 4 is 12.0 Å². The predicted molar refractivity (Wildman–Crippen MR) is 72.7 cm³/mol. The smallest absolute Gasteiger partial charge is 0.0924 e. The van der Waals surface area contributed by atoms with Gasteiger partial charge < -0.3 is 15.4 Å². The van der Waals surface area contributed by atoms with E-state index in [1.165, 1.54) is 0 Å². The highest BCUT2D eigenvalue weighted by Gasteiger charge is 1.97. The van der Waals surface area contributed by atoms with Crippen molar-refractivity contribution in [1.29, 1.82) is 0 Å². The van der Waals surface area contributed by atoms with Gasteiger partial charge in [0.05, 0.1) is 24.6 Å². The average molecular weight is 244 g/mol.